The number of nitrogens with zero attached hydrogens (tertiary/aromatic N) is 3. The van der Waals surface area contributed by atoms with E-state index in [2.05, 4.69) is 177 Å². The minimum atomic E-state index is 0.866. The van der Waals surface area contributed by atoms with E-state index in [9.17, 15) is 0 Å². The van der Waals surface area contributed by atoms with Gasteiger partial charge in [0.2, 0.25) is 0 Å². The summed E-state index contributed by atoms with van der Waals surface area (Å²) < 4.78 is 2.39. The Morgan fingerprint density at radius 1 is 0.423 bits per heavy atom. The molecule has 246 valence electrons. The van der Waals surface area contributed by atoms with E-state index in [0.717, 1.165) is 44.3 Å². The van der Waals surface area contributed by atoms with Gasteiger partial charge in [0.15, 0.2) is 0 Å². The first-order valence-corrected chi connectivity index (χ1v) is 17.9. The topological polar surface area (TPSA) is 30.7 Å². The molecule has 0 amide bonds. The zero-order chi connectivity index (χ0) is 34.9. The van der Waals surface area contributed by atoms with Crippen LogP contribution in [0.3, 0.4) is 0 Å². The maximum absolute atomic E-state index is 5.28. The fourth-order valence-corrected chi connectivity index (χ4v) is 8.47. The maximum atomic E-state index is 5.28. The van der Waals surface area contributed by atoms with E-state index in [1.807, 2.05) is 6.20 Å². The minimum Gasteiger partial charge on any atom is -0.309 e. The number of para-hydroxylation sites is 1. The Kier molecular flexibility index (Phi) is 6.84. The predicted octanol–water partition coefficient (Wildman–Crippen LogP) is 13.0. The van der Waals surface area contributed by atoms with E-state index in [1.165, 1.54) is 66.0 Å². The first-order chi connectivity index (χ1) is 25.5. The molecule has 0 N–H and O–H groups in total. The van der Waals surface area contributed by atoms with Gasteiger partial charge in [-0.15, -0.1) is 0 Å². The van der Waals surface area contributed by atoms with Gasteiger partial charge in [-0.1, -0.05) is 115 Å². The van der Waals surface area contributed by atoms with E-state index >= 15 is 0 Å². The standard InChI is InChI=1S/C49H35N3/c1-30-24-31(2)47(32(3)25-30)36-21-23-46-43(28-36)42-27-34(20-22-45(42)52(46)37-14-5-4-6-15-37)33-12-11-13-35(26-33)44-29-50-48-40-18-9-7-16-38(40)39-17-8-10-19-41(39)49(48)51-44/h4-29H,1-3H3. The van der Waals surface area contributed by atoms with Gasteiger partial charge in [-0.3, -0.25) is 4.98 Å². The molecule has 3 heteroatoms. The number of fused-ring (bicyclic) bond motifs is 9. The van der Waals surface area contributed by atoms with E-state index in [1.54, 1.807) is 0 Å². The van der Waals surface area contributed by atoms with Gasteiger partial charge in [0.25, 0.3) is 0 Å². The second-order valence-corrected chi connectivity index (χ2v) is 14.0. The summed E-state index contributed by atoms with van der Waals surface area (Å²) in [6.07, 6.45) is 1.93. The normalized spacial score (nSPS) is 11.8. The predicted molar refractivity (Wildman–Crippen MR) is 219 cm³/mol. The first-order valence-electron chi connectivity index (χ1n) is 17.9. The van der Waals surface area contributed by atoms with Crippen molar-refractivity contribution in [2.45, 2.75) is 20.8 Å². The van der Waals surface area contributed by atoms with Gasteiger partial charge in [-0.2, -0.15) is 0 Å². The second-order valence-electron chi connectivity index (χ2n) is 14.0. The molecule has 2 heterocycles. The fraction of sp³-hybridized carbons (Fsp3) is 0.0612. The molecule has 0 saturated heterocycles. The highest BCUT2D eigenvalue weighted by molar-refractivity contribution is 6.23. The van der Waals surface area contributed by atoms with Crippen LogP contribution in [-0.4, -0.2) is 14.5 Å². The molecular formula is C49H35N3. The van der Waals surface area contributed by atoms with Crippen LogP contribution >= 0.6 is 0 Å². The molecule has 2 aromatic heterocycles. The summed E-state index contributed by atoms with van der Waals surface area (Å²) >= 11 is 0. The smallest absolute Gasteiger partial charge is 0.0979 e. The van der Waals surface area contributed by atoms with Gasteiger partial charge in [0, 0.05) is 32.8 Å². The van der Waals surface area contributed by atoms with Crippen LogP contribution < -0.4 is 0 Å². The number of aromatic nitrogens is 3. The van der Waals surface area contributed by atoms with Crippen LogP contribution in [0.15, 0.2) is 158 Å². The lowest BCUT2D eigenvalue weighted by Crippen LogP contribution is -1.94. The van der Waals surface area contributed by atoms with Crippen LogP contribution in [-0.2, 0) is 0 Å². The lowest BCUT2D eigenvalue weighted by Gasteiger charge is -2.12. The molecule has 0 radical (unpaired) electrons. The molecule has 0 aliphatic rings. The number of benzene rings is 8. The van der Waals surface area contributed by atoms with Crippen molar-refractivity contribution in [1.29, 1.82) is 0 Å². The summed E-state index contributed by atoms with van der Waals surface area (Å²) in [6.45, 7) is 6.62. The van der Waals surface area contributed by atoms with Gasteiger partial charge in [-0.25, -0.2) is 4.98 Å². The minimum absolute atomic E-state index is 0.866. The molecule has 0 aliphatic heterocycles. The maximum Gasteiger partial charge on any atom is 0.0979 e. The van der Waals surface area contributed by atoms with Gasteiger partial charge in [-0.05, 0) is 107 Å². The van der Waals surface area contributed by atoms with Crippen LogP contribution in [0.4, 0.5) is 0 Å². The monoisotopic (exact) mass is 665 g/mol. The van der Waals surface area contributed by atoms with Crippen LogP contribution in [0, 0.1) is 20.8 Å². The van der Waals surface area contributed by atoms with Crippen molar-refractivity contribution in [3.05, 3.63) is 175 Å². The van der Waals surface area contributed by atoms with Gasteiger partial charge >= 0.3 is 0 Å². The van der Waals surface area contributed by atoms with E-state index in [4.69, 9.17) is 9.97 Å². The van der Waals surface area contributed by atoms with Crippen LogP contribution in [0.1, 0.15) is 16.7 Å². The molecule has 0 spiro atoms. The number of hydrogen-bond donors (Lipinski definition) is 0. The summed E-state index contributed by atoms with van der Waals surface area (Å²) in [4.78, 5) is 10.3. The van der Waals surface area contributed by atoms with Crippen molar-refractivity contribution in [3.63, 3.8) is 0 Å². The molecule has 0 atom stereocenters. The molecule has 3 nitrogen and oxygen atoms in total. The zero-order valence-electron chi connectivity index (χ0n) is 29.4. The highest BCUT2D eigenvalue weighted by Crippen LogP contribution is 2.39. The van der Waals surface area contributed by atoms with Gasteiger partial charge < -0.3 is 4.57 Å². The Morgan fingerprint density at radius 3 is 1.67 bits per heavy atom. The molecule has 0 fully saturated rings. The summed E-state index contributed by atoms with van der Waals surface area (Å²) in [6, 6.07) is 54.9. The molecule has 0 bridgehead atoms. The van der Waals surface area contributed by atoms with Crippen molar-refractivity contribution in [1.82, 2.24) is 14.5 Å². The lowest BCUT2D eigenvalue weighted by atomic mass is 9.93. The molecule has 0 unspecified atom stereocenters. The molecular weight excluding hydrogens is 631 g/mol. The van der Waals surface area contributed by atoms with Crippen molar-refractivity contribution in [2.75, 3.05) is 0 Å². The summed E-state index contributed by atoms with van der Waals surface area (Å²) in [5.74, 6) is 0. The van der Waals surface area contributed by atoms with E-state index in [0.29, 0.717) is 0 Å². The van der Waals surface area contributed by atoms with Crippen molar-refractivity contribution in [2.24, 2.45) is 0 Å². The van der Waals surface area contributed by atoms with Crippen molar-refractivity contribution >= 4 is 54.4 Å². The Balaban J connectivity index is 1.15. The Morgan fingerprint density at radius 2 is 0.981 bits per heavy atom. The molecule has 10 aromatic rings. The zero-order valence-corrected chi connectivity index (χ0v) is 29.4. The summed E-state index contributed by atoms with van der Waals surface area (Å²) in [5.41, 5.74) is 16.1. The number of rotatable bonds is 4. The Hall–Kier alpha value is -6.58. The average molecular weight is 666 g/mol. The third-order valence-electron chi connectivity index (χ3n) is 10.7. The van der Waals surface area contributed by atoms with Crippen LogP contribution in [0.5, 0.6) is 0 Å². The third kappa shape index (κ3) is 4.74. The second kappa shape index (κ2) is 11.8. The van der Waals surface area contributed by atoms with Gasteiger partial charge in [0.1, 0.15) is 0 Å². The Bertz CT molecular complexity index is 2980. The SMILES string of the molecule is Cc1cc(C)c(-c2ccc3c(c2)c2cc(-c4cccc(-c5cnc6c7ccccc7c7ccccc7c6n5)c4)ccc2n3-c2ccccc2)c(C)c1. The number of aryl methyl sites for hydroxylation is 3. The highest BCUT2D eigenvalue weighted by atomic mass is 15.0. The van der Waals surface area contributed by atoms with Crippen LogP contribution in [0.25, 0.3) is 93.6 Å². The van der Waals surface area contributed by atoms with E-state index < -0.39 is 0 Å². The summed E-state index contributed by atoms with van der Waals surface area (Å²) in [5, 5.41) is 7.13. The first kappa shape index (κ1) is 30.3. The molecule has 8 aromatic carbocycles. The molecule has 0 aliphatic carbocycles. The summed E-state index contributed by atoms with van der Waals surface area (Å²) in [7, 11) is 0. The quantitative estimate of drug-likeness (QED) is 0.175. The number of hydrogen-bond acceptors (Lipinski definition) is 2. The van der Waals surface area contributed by atoms with Gasteiger partial charge in [0.05, 0.1) is 34.0 Å². The third-order valence-corrected chi connectivity index (χ3v) is 10.7. The molecule has 10 rings (SSSR count). The van der Waals surface area contributed by atoms with E-state index in [-0.39, 0.29) is 0 Å². The van der Waals surface area contributed by atoms with Crippen molar-refractivity contribution < 1.29 is 0 Å². The molecule has 52 heavy (non-hydrogen) atoms. The lowest BCUT2D eigenvalue weighted by molar-refractivity contribution is 1.18. The Labute approximate surface area is 302 Å². The molecule has 0 saturated carbocycles. The fourth-order valence-electron chi connectivity index (χ4n) is 8.47. The highest BCUT2D eigenvalue weighted by Gasteiger charge is 2.17. The van der Waals surface area contributed by atoms with Crippen molar-refractivity contribution in [3.8, 4) is 39.2 Å². The van der Waals surface area contributed by atoms with Crippen LogP contribution in [0.2, 0.25) is 0 Å². The largest absolute Gasteiger partial charge is 0.309 e. The average Bonchev–Trinajstić information content (AvgIpc) is 3.51.